The maximum Gasteiger partial charge on any atom is 0.271 e. The molecule has 0 aliphatic carbocycles. The van der Waals surface area contributed by atoms with E-state index in [0.717, 1.165) is 5.56 Å². The number of pyridine rings is 2. The third-order valence-electron chi connectivity index (χ3n) is 4.31. The highest BCUT2D eigenvalue weighted by molar-refractivity contribution is 6.30. The second-order valence-electron chi connectivity index (χ2n) is 6.23. The lowest BCUT2D eigenvalue weighted by Gasteiger charge is -2.11. The lowest BCUT2D eigenvalue weighted by Crippen LogP contribution is -2.41. The monoisotopic (exact) mass is 402 g/mol. The van der Waals surface area contributed by atoms with Crippen LogP contribution < -0.4 is 10.9 Å². The Hall–Kier alpha value is -3.77. The summed E-state index contributed by atoms with van der Waals surface area (Å²) in [6, 6.07) is 19.5. The van der Waals surface area contributed by atoms with Gasteiger partial charge in [0, 0.05) is 28.4 Å². The third-order valence-corrected chi connectivity index (χ3v) is 4.57. The molecule has 0 fully saturated rings. The summed E-state index contributed by atoms with van der Waals surface area (Å²) in [5.74, 6) is -0.904. The molecule has 29 heavy (non-hydrogen) atoms. The van der Waals surface area contributed by atoms with Crippen LogP contribution in [0.3, 0.4) is 0 Å². The summed E-state index contributed by atoms with van der Waals surface area (Å²) in [6.07, 6.45) is 2.98. The number of rotatable bonds is 3. The van der Waals surface area contributed by atoms with Gasteiger partial charge in [0.2, 0.25) is 0 Å². The summed E-state index contributed by atoms with van der Waals surface area (Å²) in [5, 5.41) is 1.30. The normalized spacial score (nSPS) is 10.5. The van der Waals surface area contributed by atoms with Crippen molar-refractivity contribution < 1.29 is 9.59 Å². The predicted octanol–water partition coefficient (Wildman–Crippen LogP) is 4.03. The zero-order valence-corrected chi connectivity index (χ0v) is 15.9. The average Bonchev–Trinajstić information content (AvgIpc) is 2.77. The minimum Gasteiger partial charge on any atom is -0.267 e. The first-order valence-corrected chi connectivity index (χ1v) is 9.16. The number of hydrazine groups is 1. The van der Waals surface area contributed by atoms with Crippen molar-refractivity contribution in [3.05, 3.63) is 95.3 Å². The fourth-order valence-corrected chi connectivity index (χ4v) is 3.01. The Morgan fingerprint density at radius 2 is 1.62 bits per heavy atom. The van der Waals surface area contributed by atoms with Gasteiger partial charge in [-0.3, -0.25) is 25.4 Å². The number of benzene rings is 2. The number of hydrogen-bond acceptors (Lipinski definition) is 4. The van der Waals surface area contributed by atoms with E-state index >= 15 is 0 Å². The van der Waals surface area contributed by atoms with Crippen molar-refractivity contribution in [3.8, 4) is 11.3 Å². The Kier molecular flexibility index (Phi) is 5.18. The van der Waals surface area contributed by atoms with E-state index < -0.39 is 11.8 Å². The van der Waals surface area contributed by atoms with Crippen LogP contribution in [-0.4, -0.2) is 21.8 Å². The van der Waals surface area contributed by atoms with E-state index in [1.807, 2.05) is 36.4 Å². The molecule has 0 spiro atoms. The maximum atomic E-state index is 12.8. The number of halogens is 1. The van der Waals surface area contributed by atoms with Crippen LogP contribution in [0.2, 0.25) is 5.02 Å². The van der Waals surface area contributed by atoms with Crippen molar-refractivity contribution >= 4 is 34.3 Å². The first-order valence-electron chi connectivity index (χ1n) is 8.78. The molecule has 4 rings (SSSR count). The smallest absolute Gasteiger partial charge is 0.267 e. The standard InChI is InChI=1S/C22H15ClN4O2/c23-16-9-7-14(8-10-16)20-12-18(17-5-1-2-6-19(17)25-20)22(29)27-26-21(28)15-4-3-11-24-13-15/h1-13H,(H,26,28)(H,27,29). The zero-order chi connectivity index (χ0) is 20.2. The molecule has 2 amide bonds. The summed E-state index contributed by atoms with van der Waals surface area (Å²) in [7, 11) is 0. The summed E-state index contributed by atoms with van der Waals surface area (Å²) in [6.45, 7) is 0. The SMILES string of the molecule is O=C(NNC(=O)c1cc(-c2ccc(Cl)cc2)nc2ccccc12)c1cccnc1. The number of nitrogens with one attached hydrogen (secondary N) is 2. The van der Waals surface area contributed by atoms with Crippen molar-refractivity contribution in [1.29, 1.82) is 0 Å². The molecule has 0 radical (unpaired) electrons. The van der Waals surface area contributed by atoms with Gasteiger partial charge < -0.3 is 0 Å². The van der Waals surface area contributed by atoms with E-state index in [4.69, 9.17) is 11.6 Å². The van der Waals surface area contributed by atoms with Gasteiger partial charge in [0.1, 0.15) is 0 Å². The summed E-state index contributed by atoms with van der Waals surface area (Å²) in [4.78, 5) is 33.5. The number of fused-ring (bicyclic) bond motifs is 1. The van der Waals surface area contributed by atoms with Crippen molar-refractivity contribution in [1.82, 2.24) is 20.8 Å². The van der Waals surface area contributed by atoms with Gasteiger partial charge in [-0.05, 0) is 36.4 Å². The summed E-state index contributed by atoms with van der Waals surface area (Å²) >= 11 is 5.97. The average molecular weight is 403 g/mol. The van der Waals surface area contributed by atoms with Gasteiger partial charge in [-0.15, -0.1) is 0 Å². The molecule has 0 saturated heterocycles. The van der Waals surface area contributed by atoms with Crippen LogP contribution in [0.1, 0.15) is 20.7 Å². The highest BCUT2D eigenvalue weighted by Crippen LogP contribution is 2.25. The Balaban J connectivity index is 1.65. The lowest BCUT2D eigenvalue weighted by atomic mass is 10.0. The van der Waals surface area contributed by atoms with Crippen LogP contribution in [0.5, 0.6) is 0 Å². The molecule has 142 valence electrons. The molecule has 2 aromatic heterocycles. The second-order valence-corrected chi connectivity index (χ2v) is 6.67. The van der Waals surface area contributed by atoms with Crippen LogP contribution >= 0.6 is 11.6 Å². The molecule has 4 aromatic rings. The van der Waals surface area contributed by atoms with Crippen LogP contribution in [0, 0.1) is 0 Å². The van der Waals surface area contributed by atoms with Crippen LogP contribution in [0.4, 0.5) is 0 Å². The molecule has 0 bridgehead atoms. The summed E-state index contributed by atoms with van der Waals surface area (Å²) in [5.41, 5.74) is 7.74. The number of aromatic nitrogens is 2. The zero-order valence-electron chi connectivity index (χ0n) is 15.1. The molecular formula is C22H15ClN4O2. The molecule has 0 saturated carbocycles. The van der Waals surface area contributed by atoms with E-state index in [0.29, 0.717) is 32.7 Å². The molecule has 6 nitrogen and oxygen atoms in total. The number of nitrogens with zero attached hydrogens (tertiary/aromatic N) is 2. The number of hydrogen-bond donors (Lipinski definition) is 2. The molecular weight excluding hydrogens is 388 g/mol. The van der Waals surface area contributed by atoms with Gasteiger partial charge in [0.05, 0.1) is 22.3 Å². The highest BCUT2D eigenvalue weighted by atomic mass is 35.5. The Morgan fingerprint density at radius 1 is 0.862 bits per heavy atom. The van der Waals surface area contributed by atoms with Gasteiger partial charge in [-0.2, -0.15) is 0 Å². The lowest BCUT2D eigenvalue weighted by molar-refractivity contribution is 0.0847. The van der Waals surface area contributed by atoms with Gasteiger partial charge in [-0.25, -0.2) is 4.98 Å². The number of carbonyl (C=O) groups excluding carboxylic acids is 2. The first-order chi connectivity index (χ1) is 14.1. The molecule has 0 aliphatic rings. The molecule has 2 N–H and O–H groups in total. The van der Waals surface area contributed by atoms with Gasteiger partial charge in [-0.1, -0.05) is 41.9 Å². The number of para-hydroxylation sites is 1. The van der Waals surface area contributed by atoms with E-state index in [1.54, 1.807) is 36.5 Å². The quantitative estimate of drug-likeness (QED) is 0.507. The van der Waals surface area contributed by atoms with E-state index in [2.05, 4.69) is 20.8 Å². The summed E-state index contributed by atoms with van der Waals surface area (Å²) < 4.78 is 0. The molecule has 0 aliphatic heterocycles. The fourth-order valence-electron chi connectivity index (χ4n) is 2.88. The Morgan fingerprint density at radius 3 is 2.38 bits per heavy atom. The van der Waals surface area contributed by atoms with E-state index in [9.17, 15) is 9.59 Å². The number of carbonyl (C=O) groups is 2. The highest BCUT2D eigenvalue weighted by Gasteiger charge is 2.15. The molecule has 0 atom stereocenters. The minimum atomic E-state index is -0.456. The van der Waals surface area contributed by atoms with Crippen molar-refractivity contribution in [2.24, 2.45) is 0 Å². The van der Waals surface area contributed by atoms with Crippen LogP contribution in [-0.2, 0) is 0 Å². The Labute approximate surface area is 171 Å². The Bertz CT molecular complexity index is 1190. The maximum absolute atomic E-state index is 12.8. The van der Waals surface area contributed by atoms with Gasteiger partial charge in [0.15, 0.2) is 0 Å². The third kappa shape index (κ3) is 4.07. The minimum absolute atomic E-state index is 0.342. The molecule has 2 aromatic carbocycles. The molecule has 7 heteroatoms. The first kappa shape index (κ1) is 18.6. The van der Waals surface area contributed by atoms with Crippen molar-refractivity contribution in [2.75, 3.05) is 0 Å². The van der Waals surface area contributed by atoms with Crippen LogP contribution in [0.15, 0.2) is 79.1 Å². The largest absolute Gasteiger partial charge is 0.271 e. The second kappa shape index (κ2) is 8.08. The van der Waals surface area contributed by atoms with Crippen LogP contribution in [0.25, 0.3) is 22.2 Å². The van der Waals surface area contributed by atoms with E-state index in [-0.39, 0.29) is 0 Å². The predicted molar refractivity (Wildman–Crippen MR) is 111 cm³/mol. The van der Waals surface area contributed by atoms with Gasteiger partial charge in [0.25, 0.3) is 11.8 Å². The molecule has 2 heterocycles. The van der Waals surface area contributed by atoms with Gasteiger partial charge >= 0.3 is 0 Å². The topological polar surface area (TPSA) is 84.0 Å². The van der Waals surface area contributed by atoms with Crippen molar-refractivity contribution in [2.45, 2.75) is 0 Å². The fraction of sp³-hybridized carbons (Fsp3) is 0. The molecule has 0 unspecified atom stereocenters. The number of amides is 2. The van der Waals surface area contributed by atoms with E-state index in [1.165, 1.54) is 6.20 Å². The van der Waals surface area contributed by atoms with Crippen molar-refractivity contribution in [3.63, 3.8) is 0 Å².